The van der Waals surface area contributed by atoms with Crippen LogP contribution in [0.5, 0.6) is 5.75 Å². The van der Waals surface area contributed by atoms with Crippen LogP contribution in [-0.2, 0) is 10.2 Å². The fourth-order valence-corrected chi connectivity index (χ4v) is 3.52. The molecule has 0 atom stereocenters. The fraction of sp³-hybridized carbons (Fsp3) is 0.143. The van der Waals surface area contributed by atoms with Gasteiger partial charge in [0, 0.05) is 5.69 Å². The van der Waals surface area contributed by atoms with Gasteiger partial charge in [-0.25, -0.2) is 0 Å². The number of ether oxygens (including phenoxy) is 1. The molecule has 0 unspecified atom stereocenters. The molecule has 1 aliphatic carbocycles. The summed E-state index contributed by atoms with van der Waals surface area (Å²) >= 11 is 1.39. The van der Waals surface area contributed by atoms with Crippen molar-refractivity contribution in [3.8, 4) is 5.75 Å². The fourth-order valence-electron chi connectivity index (χ4n) is 2.90. The molecule has 130 valence electrons. The summed E-state index contributed by atoms with van der Waals surface area (Å²) in [5.41, 5.74) is 1.16. The predicted molar refractivity (Wildman–Crippen MR) is 102 cm³/mol. The van der Waals surface area contributed by atoms with Gasteiger partial charge in [-0.15, -0.1) is 11.3 Å². The van der Waals surface area contributed by atoms with Crippen molar-refractivity contribution in [2.24, 2.45) is 0 Å². The number of hydrogen-bond acceptors (Lipinski definition) is 4. The first-order chi connectivity index (χ1) is 12.7. The Bertz CT molecular complexity index is 914. The number of hydrogen-bond donors (Lipinski definition) is 1. The summed E-state index contributed by atoms with van der Waals surface area (Å²) in [6.07, 6.45) is 1.62. The molecule has 1 aliphatic rings. The molecule has 1 saturated carbocycles. The van der Waals surface area contributed by atoms with Crippen molar-refractivity contribution >= 4 is 28.9 Å². The van der Waals surface area contributed by atoms with Crippen LogP contribution in [0.2, 0.25) is 0 Å². The zero-order valence-corrected chi connectivity index (χ0v) is 14.8. The molecular weight excluding hydrogens is 346 g/mol. The van der Waals surface area contributed by atoms with E-state index >= 15 is 0 Å². The van der Waals surface area contributed by atoms with Crippen molar-refractivity contribution in [3.63, 3.8) is 0 Å². The summed E-state index contributed by atoms with van der Waals surface area (Å²) in [5.74, 6) is 0.108. The van der Waals surface area contributed by atoms with Gasteiger partial charge in [-0.05, 0) is 54.1 Å². The van der Waals surface area contributed by atoms with E-state index in [9.17, 15) is 9.59 Å². The van der Waals surface area contributed by atoms with Gasteiger partial charge in [0.05, 0.1) is 10.3 Å². The molecule has 1 N–H and O–H groups in total. The second-order valence-corrected chi connectivity index (χ2v) is 7.24. The topological polar surface area (TPSA) is 55.4 Å². The van der Waals surface area contributed by atoms with Gasteiger partial charge in [-0.1, -0.05) is 36.4 Å². The third-order valence-corrected chi connectivity index (χ3v) is 5.40. The van der Waals surface area contributed by atoms with Gasteiger partial charge in [0.2, 0.25) is 0 Å². The van der Waals surface area contributed by atoms with Crippen LogP contribution in [0.4, 0.5) is 5.69 Å². The van der Waals surface area contributed by atoms with Crippen LogP contribution < -0.4 is 10.1 Å². The first-order valence-corrected chi connectivity index (χ1v) is 9.28. The SMILES string of the molecule is O=C(Nc1ccc(OC(=O)C2(c3ccccc3)CC2)cc1)c1cccs1. The molecule has 1 heterocycles. The summed E-state index contributed by atoms with van der Waals surface area (Å²) in [7, 11) is 0. The van der Waals surface area contributed by atoms with Gasteiger partial charge in [0.25, 0.3) is 5.91 Å². The average molecular weight is 363 g/mol. The average Bonchev–Trinajstić information content (AvgIpc) is 3.30. The molecule has 4 rings (SSSR count). The quantitative estimate of drug-likeness (QED) is 0.531. The summed E-state index contributed by atoms with van der Waals surface area (Å²) in [6.45, 7) is 0. The molecule has 0 saturated heterocycles. The molecule has 0 aliphatic heterocycles. The highest BCUT2D eigenvalue weighted by Gasteiger charge is 2.52. The van der Waals surface area contributed by atoms with Gasteiger partial charge < -0.3 is 10.1 Å². The smallest absolute Gasteiger partial charge is 0.321 e. The van der Waals surface area contributed by atoms with Crippen LogP contribution in [0, 0.1) is 0 Å². The van der Waals surface area contributed by atoms with Crippen LogP contribution in [0.3, 0.4) is 0 Å². The Balaban J connectivity index is 1.42. The van der Waals surface area contributed by atoms with Gasteiger partial charge in [-0.3, -0.25) is 9.59 Å². The predicted octanol–water partition coefficient (Wildman–Crippen LogP) is 4.64. The summed E-state index contributed by atoms with van der Waals surface area (Å²) in [5, 5.41) is 4.68. The molecule has 0 radical (unpaired) electrons. The molecule has 1 fully saturated rings. The van der Waals surface area contributed by atoms with E-state index in [1.165, 1.54) is 11.3 Å². The van der Waals surface area contributed by atoms with Crippen molar-refractivity contribution in [2.75, 3.05) is 5.32 Å². The molecular formula is C21H17NO3S. The van der Waals surface area contributed by atoms with Crippen molar-refractivity contribution in [1.29, 1.82) is 0 Å². The van der Waals surface area contributed by atoms with Crippen molar-refractivity contribution in [2.45, 2.75) is 18.3 Å². The first kappa shape index (κ1) is 16.5. The molecule has 4 nitrogen and oxygen atoms in total. The van der Waals surface area contributed by atoms with Crippen LogP contribution in [0.15, 0.2) is 72.1 Å². The third-order valence-electron chi connectivity index (χ3n) is 4.53. The molecule has 1 amide bonds. The van der Waals surface area contributed by atoms with E-state index in [-0.39, 0.29) is 11.9 Å². The van der Waals surface area contributed by atoms with Gasteiger partial charge in [0.15, 0.2) is 0 Å². The zero-order valence-electron chi connectivity index (χ0n) is 14.0. The zero-order chi connectivity index (χ0) is 18.0. The Morgan fingerprint density at radius 3 is 2.27 bits per heavy atom. The lowest BCUT2D eigenvalue weighted by molar-refractivity contribution is -0.137. The number of rotatable bonds is 5. The molecule has 2 aromatic carbocycles. The number of nitrogens with one attached hydrogen (secondary N) is 1. The van der Waals surface area contributed by atoms with E-state index in [0.717, 1.165) is 18.4 Å². The van der Waals surface area contributed by atoms with Crippen LogP contribution >= 0.6 is 11.3 Å². The van der Waals surface area contributed by atoms with E-state index in [1.807, 2.05) is 41.8 Å². The van der Waals surface area contributed by atoms with Crippen LogP contribution in [0.1, 0.15) is 28.1 Å². The summed E-state index contributed by atoms with van der Waals surface area (Å²) in [4.78, 5) is 25.3. The van der Waals surface area contributed by atoms with E-state index in [2.05, 4.69) is 5.32 Å². The standard InChI is InChI=1S/C21H17NO3S/c23-19(18-7-4-14-26-18)22-16-8-10-17(11-9-16)25-20(24)21(12-13-21)15-5-2-1-3-6-15/h1-11,14H,12-13H2,(H,22,23). The van der Waals surface area contributed by atoms with E-state index in [1.54, 1.807) is 30.3 Å². The molecule has 1 aromatic heterocycles. The maximum Gasteiger partial charge on any atom is 0.321 e. The van der Waals surface area contributed by atoms with Crippen LogP contribution in [-0.4, -0.2) is 11.9 Å². The number of carbonyl (C=O) groups is 2. The van der Waals surface area contributed by atoms with Crippen molar-refractivity contribution < 1.29 is 14.3 Å². The van der Waals surface area contributed by atoms with E-state index in [0.29, 0.717) is 16.3 Å². The van der Waals surface area contributed by atoms with E-state index < -0.39 is 5.41 Å². The molecule has 0 spiro atoms. The molecule has 5 heteroatoms. The number of anilines is 1. The maximum absolute atomic E-state index is 12.6. The Morgan fingerprint density at radius 1 is 0.923 bits per heavy atom. The second kappa shape index (κ2) is 6.77. The first-order valence-electron chi connectivity index (χ1n) is 8.40. The molecule has 3 aromatic rings. The van der Waals surface area contributed by atoms with Gasteiger partial charge in [-0.2, -0.15) is 0 Å². The number of carbonyl (C=O) groups excluding carboxylic acids is 2. The highest BCUT2D eigenvalue weighted by Crippen LogP contribution is 2.49. The number of esters is 1. The number of thiophene rings is 1. The van der Waals surface area contributed by atoms with Crippen molar-refractivity contribution in [1.82, 2.24) is 0 Å². The Labute approximate surface area is 155 Å². The minimum absolute atomic E-state index is 0.147. The van der Waals surface area contributed by atoms with E-state index in [4.69, 9.17) is 4.74 Å². The minimum Gasteiger partial charge on any atom is -0.426 e. The highest BCUT2D eigenvalue weighted by molar-refractivity contribution is 7.12. The van der Waals surface area contributed by atoms with Crippen molar-refractivity contribution in [3.05, 3.63) is 82.6 Å². The van der Waals surface area contributed by atoms with Gasteiger partial charge in [0.1, 0.15) is 5.75 Å². The highest BCUT2D eigenvalue weighted by atomic mass is 32.1. The number of amides is 1. The Kier molecular flexibility index (Phi) is 4.31. The van der Waals surface area contributed by atoms with Gasteiger partial charge >= 0.3 is 5.97 Å². The second-order valence-electron chi connectivity index (χ2n) is 6.29. The number of benzene rings is 2. The largest absolute Gasteiger partial charge is 0.426 e. The summed E-state index contributed by atoms with van der Waals surface area (Å²) < 4.78 is 5.58. The monoisotopic (exact) mass is 363 g/mol. The third kappa shape index (κ3) is 3.26. The Morgan fingerprint density at radius 2 is 1.65 bits per heavy atom. The lowest BCUT2D eigenvalue weighted by atomic mass is 9.96. The molecule has 26 heavy (non-hydrogen) atoms. The Hall–Kier alpha value is -2.92. The van der Waals surface area contributed by atoms with Crippen LogP contribution in [0.25, 0.3) is 0 Å². The normalized spacial score (nSPS) is 14.5. The molecule has 0 bridgehead atoms. The minimum atomic E-state index is -0.507. The lowest BCUT2D eigenvalue weighted by Gasteiger charge is -2.14. The maximum atomic E-state index is 12.6. The lowest BCUT2D eigenvalue weighted by Crippen LogP contribution is -2.25. The summed E-state index contributed by atoms with van der Waals surface area (Å²) in [6, 6.07) is 20.2.